The number of hydrogen-bond acceptors (Lipinski definition) is 4. The lowest BCUT2D eigenvalue weighted by Gasteiger charge is -2.42. The molecule has 0 amide bonds. The Kier molecular flexibility index (Phi) is 4.38. The summed E-state index contributed by atoms with van der Waals surface area (Å²) in [5.41, 5.74) is 0.270. The van der Waals surface area contributed by atoms with Gasteiger partial charge in [-0.15, -0.1) is 0 Å². The quantitative estimate of drug-likeness (QED) is 0.364. The molecule has 0 unspecified atom stereocenters. The third-order valence-electron chi connectivity index (χ3n) is 6.37. The van der Waals surface area contributed by atoms with Gasteiger partial charge in [-0.05, 0) is 55.5 Å². The zero-order valence-electron chi connectivity index (χ0n) is 16.1. The molecule has 2 aromatic rings. The minimum absolute atomic E-state index is 0.0620. The molecule has 5 rings (SSSR count). The Morgan fingerprint density at radius 3 is 2.37 bits per heavy atom. The highest BCUT2D eigenvalue weighted by atomic mass is 19.2. The SMILES string of the molecule is O=C1C[C@@H](c2cc(F)c(F)c(F)c2)c2c(ccc3c2OC2(CCCCC2)CC3=O)O1. The summed E-state index contributed by atoms with van der Waals surface area (Å²) in [7, 11) is 0. The Bertz CT molecular complexity index is 1050. The maximum atomic E-state index is 13.9. The van der Waals surface area contributed by atoms with Gasteiger partial charge in [0.15, 0.2) is 23.2 Å². The number of carbonyl (C=O) groups excluding carboxylic acids is 2. The maximum absolute atomic E-state index is 13.9. The summed E-state index contributed by atoms with van der Waals surface area (Å²) >= 11 is 0. The first kappa shape index (κ1) is 19.2. The van der Waals surface area contributed by atoms with E-state index in [9.17, 15) is 22.8 Å². The van der Waals surface area contributed by atoms with Gasteiger partial charge in [-0.2, -0.15) is 0 Å². The molecule has 2 heterocycles. The number of hydrogen-bond donors (Lipinski definition) is 0. The molecule has 1 spiro atoms. The van der Waals surface area contributed by atoms with E-state index in [0.717, 1.165) is 44.2 Å². The van der Waals surface area contributed by atoms with Crippen LogP contribution in [0.4, 0.5) is 13.2 Å². The maximum Gasteiger partial charge on any atom is 0.312 e. The van der Waals surface area contributed by atoms with Crippen LogP contribution in [0.15, 0.2) is 24.3 Å². The van der Waals surface area contributed by atoms with E-state index in [4.69, 9.17) is 9.47 Å². The van der Waals surface area contributed by atoms with Crippen LogP contribution in [0.25, 0.3) is 0 Å². The largest absolute Gasteiger partial charge is 0.486 e. The first-order chi connectivity index (χ1) is 14.4. The molecule has 0 N–H and O–H groups in total. The molecule has 156 valence electrons. The minimum atomic E-state index is -1.57. The molecule has 4 nitrogen and oxygen atoms in total. The zero-order chi connectivity index (χ0) is 21.0. The molecule has 0 radical (unpaired) electrons. The van der Waals surface area contributed by atoms with Gasteiger partial charge in [0.25, 0.3) is 0 Å². The number of Topliss-reactive ketones (excluding diaryl/α,β-unsaturated/α-hetero) is 1. The summed E-state index contributed by atoms with van der Waals surface area (Å²) in [6.07, 6.45) is 4.54. The summed E-state index contributed by atoms with van der Waals surface area (Å²) in [6, 6.07) is 4.83. The molecule has 3 aliphatic rings. The van der Waals surface area contributed by atoms with Crippen LogP contribution < -0.4 is 9.47 Å². The lowest BCUT2D eigenvalue weighted by Crippen LogP contribution is -2.44. The summed E-state index contributed by atoms with van der Waals surface area (Å²) in [5.74, 6) is -5.19. The Hall–Kier alpha value is -2.83. The summed E-state index contributed by atoms with van der Waals surface area (Å²) in [5, 5.41) is 0. The minimum Gasteiger partial charge on any atom is -0.486 e. The van der Waals surface area contributed by atoms with Gasteiger partial charge in [0.2, 0.25) is 0 Å². The van der Waals surface area contributed by atoms with Gasteiger partial charge in [0.05, 0.1) is 18.4 Å². The fourth-order valence-corrected chi connectivity index (χ4v) is 4.94. The Morgan fingerprint density at radius 2 is 1.67 bits per heavy atom. The predicted octanol–water partition coefficient (Wildman–Crippen LogP) is 5.21. The van der Waals surface area contributed by atoms with Crippen LogP contribution in [0.5, 0.6) is 11.5 Å². The Balaban J connectivity index is 1.68. The number of benzene rings is 2. The predicted molar refractivity (Wildman–Crippen MR) is 100 cm³/mol. The van der Waals surface area contributed by atoms with Crippen molar-refractivity contribution < 1.29 is 32.2 Å². The molecule has 0 aromatic heterocycles. The smallest absolute Gasteiger partial charge is 0.312 e. The zero-order valence-corrected chi connectivity index (χ0v) is 16.1. The molecule has 1 saturated carbocycles. The highest BCUT2D eigenvalue weighted by Gasteiger charge is 2.45. The third-order valence-corrected chi connectivity index (χ3v) is 6.37. The summed E-state index contributed by atoms with van der Waals surface area (Å²) in [6.45, 7) is 0. The van der Waals surface area contributed by atoms with Crippen LogP contribution in [0.2, 0.25) is 0 Å². The summed E-state index contributed by atoms with van der Waals surface area (Å²) < 4.78 is 53.2. The number of fused-ring (bicyclic) bond motifs is 3. The van der Waals surface area contributed by atoms with Gasteiger partial charge >= 0.3 is 5.97 Å². The van der Waals surface area contributed by atoms with Crippen LogP contribution in [0, 0.1) is 17.5 Å². The van der Waals surface area contributed by atoms with Crippen molar-refractivity contribution in [3.8, 4) is 11.5 Å². The average Bonchev–Trinajstić information content (AvgIpc) is 2.71. The molecule has 2 aromatic carbocycles. The van der Waals surface area contributed by atoms with Crippen LogP contribution in [-0.2, 0) is 4.79 Å². The number of ether oxygens (including phenoxy) is 2. The Morgan fingerprint density at radius 1 is 0.967 bits per heavy atom. The van der Waals surface area contributed by atoms with Crippen LogP contribution >= 0.6 is 0 Å². The van der Waals surface area contributed by atoms with Crippen LogP contribution in [0.1, 0.15) is 72.3 Å². The van der Waals surface area contributed by atoms with Crippen molar-refractivity contribution in [2.45, 2.75) is 56.5 Å². The summed E-state index contributed by atoms with van der Waals surface area (Å²) in [4.78, 5) is 25.1. The normalized spacial score (nSPS) is 22.2. The molecule has 1 fully saturated rings. The lowest BCUT2D eigenvalue weighted by molar-refractivity contribution is -0.135. The van der Waals surface area contributed by atoms with Crippen molar-refractivity contribution in [2.75, 3.05) is 0 Å². The molecular weight excluding hydrogens is 397 g/mol. The van der Waals surface area contributed by atoms with E-state index in [2.05, 4.69) is 0 Å². The van der Waals surface area contributed by atoms with E-state index in [0.29, 0.717) is 16.9 Å². The molecule has 0 bridgehead atoms. The number of rotatable bonds is 1. The molecule has 30 heavy (non-hydrogen) atoms. The standard InChI is InChI=1S/C23H19F3O4/c24-15-8-12(9-16(25)21(15)26)14-10-19(28)29-18-5-4-13-17(27)11-23(6-2-1-3-7-23)30-22(13)20(14)18/h4-5,8-9,14H,1-3,6-7,10-11H2/t14-/m0/s1. The second-order valence-corrected chi connectivity index (χ2v) is 8.33. The highest BCUT2D eigenvalue weighted by molar-refractivity contribution is 6.01. The average molecular weight is 416 g/mol. The van der Waals surface area contributed by atoms with Crippen molar-refractivity contribution in [1.82, 2.24) is 0 Å². The number of carbonyl (C=O) groups is 2. The van der Waals surface area contributed by atoms with Gasteiger partial charge in [-0.3, -0.25) is 9.59 Å². The van der Waals surface area contributed by atoms with Gasteiger partial charge in [-0.25, -0.2) is 13.2 Å². The highest BCUT2D eigenvalue weighted by Crippen LogP contribution is 2.51. The molecule has 1 atom stereocenters. The molecule has 2 aliphatic heterocycles. The first-order valence-electron chi connectivity index (χ1n) is 10.1. The van der Waals surface area contributed by atoms with Crippen molar-refractivity contribution in [3.63, 3.8) is 0 Å². The van der Waals surface area contributed by atoms with Gasteiger partial charge in [-0.1, -0.05) is 6.42 Å². The number of esters is 1. The van der Waals surface area contributed by atoms with E-state index < -0.39 is 34.9 Å². The van der Waals surface area contributed by atoms with Gasteiger partial charge < -0.3 is 9.47 Å². The van der Waals surface area contributed by atoms with Crippen molar-refractivity contribution >= 4 is 11.8 Å². The second kappa shape index (κ2) is 6.86. The number of halogens is 3. The van der Waals surface area contributed by atoms with Gasteiger partial charge in [0.1, 0.15) is 17.1 Å². The van der Waals surface area contributed by atoms with Gasteiger partial charge in [0, 0.05) is 11.5 Å². The monoisotopic (exact) mass is 416 g/mol. The third kappa shape index (κ3) is 2.99. The fourth-order valence-electron chi connectivity index (χ4n) is 4.94. The molecule has 7 heteroatoms. The van der Waals surface area contributed by atoms with Crippen molar-refractivity contribution in [2.24, 2.45) is 0 Å². The molecular formula is C23H19F3O4. The van der Waals surface area contributed by atoms with E-state index in [1.165, 1.54) is 6.07 Å². The van der Waals surface area contributed by atoms with Crippen LogP contribution in [0.3, 0.4) is 0 Å². The van der Waals surface area contributed by atoms with E-state index in [1.807, 2.05) is 0 Å². The number of ketones is 1. The lowest BCUT2D eigenvalue weighted by atomic mass is 9.76. The Labute approximate surface area is 171 Å². The molecule has 1 aliphatic carbocycles. The molecule has 0 saturated heterocycles. The van der Waals surface area contributed by atoms with Crippen molar-refractivity contribution in [1.29, 1.82) is 0 Å². The topological polar surface area (TPSA) is 52.6 Å². The van der Waals surface area contributed by atoms with E-state index in [-0.39, 0.29) is 29.9 Å². The first-order valence-corrected chi connectivity index (χ1v) is 10.1. The second-order valence-electron chi connectivity index (χ2n) is 8.33. The van der Waals surface area contributed by atoms with Crippen LogP contribution in [-0.4, -0.2) is 17.4 Å². The van der Waals surface area contributed by atoms with E-state index in [1.54, 1.807) is 6.07 Å². The van der Waals surface area contributed by atoms with Crippen molar-refractivity contribution in [3.05, 3.63) is 58.4 Å². The van der Waals surface area contributed by atoms with E-state index >= 15 is 0 Å². The fraction of sp³-hybridized carbons (Fsp3) is 0.391.